The topological polar surface area (TPSA) is 0 Å². The van der Waals surface area contributed by atoms with Crippen LogP contribution in [0, 0.1) is 0 Å². The highest BCUT2D eigenvalue weighted by atomic mass is 35.7. The zero-order valence-electron chi connectivity index (χ0n) is 6.91. The van der Waals surface area contributed by atoms with Gasteiger partial charge in [0, 0.05) is 7.27 Å². The van der Waals surface area contributed by atoms with Crippen molar-refractivity contribution in [3.05, 3.63) is 30.3 Å². The van der Waals surface area contributed by atoms with Gasteiger partial charge in [-0.05, 0) is 23.8 Å². The van der Waals surface area contributed by atoms with Crippen LogP contribution in [-0.2, 0) is 0 Å². The monoisotopic (exact) mass is 198 g/mol. The normalized spacial score (nSPS) is 20.1. The second-order valence-electron chi connectivity index (χ2n) is 3.23. The quantitative estimate of drug-likeness (QED) is 0.638. The molecule has 1 saturated carbocycles. The third kappa shape index (κ3) is 1.65. The summed E-state index contributed by atoms with van der Waals surface area (Å²) in [5.41, 5.74) is 0.795. The number of hydrogen-bond donors (Lipinski definition) is 0. The number of rotatable bonds is 2. The van der Waals surface area contributed by atoms with Crippen LogP contribution in [0.3, 0.4) is 0 Å². The summed E-state index contributed by atoms with van der Waals surface area (Å²) >= 11 is 6.37. The van der Waals surface area contributed by atoms with E-state index in [-0.39, 0.29) is 7.27 Å². The molecule has 64 valence electrons. The third-order valence-electron chi connectivity index (χ3n) is 2.40. The van der Waals surface area contributed by atoms with Crippen LogP contribution in [0.1, 0.15) is 19.3 Å². The first-order valence-corrected chi connectivity index (χ1v) is 6.69. The Hall–Kier alpha value is -0.0600. The minimum atomic E-state index is -0.378. The Bertz CT molecular complexity index is 243. The van der Waals surface area contributed by atoms with E-state index in [1.165, 1.54) is 24.6 Å². The van der Waals surface area contributed by atoms with Crippen molar-refractivity contribution in [1.82, 2.24) is 0 Å². The molecule has 0 bridgehead atoms. The summed E-state index contributed by atoms with van der Waals surface area (Å²) in [4.78, 5) is 0. The molecule has 12 heavy (non-hydrogen) atoms. The summed E-state index contributed by atoms with van der Waals surface area (Å²) in [7, 11) is -0.378. The Morgan fingerprint density at radius 2 is 1.83 bits per heavy atom. The summed E-state index contributed by atoms with van der Waals surface area (Å²) in [6, 6.07) is 10.5. The van der Waals surface area contributed by atoms with E-state index >= 15 is 0 Å². The molecule has 1 unspecified atom stereocenters. The first-order chi connectivity index (χ1) is 5.88. The van der Waals surface area contributed by atoms with Crippen LogP contribution in [0.2, 0.25) is 0 Å². The third-order valence-corrected chi connectivity index (χ3v) is 5.76. The maximum Gasteiger partial charge on any atom is 0.0244 e. The van der Waals surface area contributed by atoms with Gasteiger partial charge in [0.15, 0.2) is 0 Å². The molecule has 0 nitrogen and oxygen atoms in total. The van der Waals surface area contributed by atoms with E-state index in [1.54, 1.807) is 0 Å². The Morgan fingerprint density at radius 1 is 1.17 bits per heavy atom. The lowest BCUT2D eigenvalue weighted by Gasteiger charge is -2.29. The van der Waals surface area contributed by atoms with Crippen molar-refractivity contribution in [3.63, 3.8) is 0 Å². The van der Waals surface area contributed by atoms with E-state index in [4.69, 9.17) is 11.2 Å². The highest BCUT2D eigenvalue weighted by Gasteiger charge is 2.26. The fraction of sp³-hybridized carbons (Fsp3) is 0.400. The average Bonchev–Trinajstić information content (AvgIpc) is 2.03. The second kappa shape index (κ2) is 3.77. The molecule has 1 atom stereocenters. The molecule has 0 aromatic heterocycles. The van der Waals surface area contributed by atoms with Crippen LogP contribution in [0.25, 0.3) is 0 Å². The summed E-state index contributed by atoms with van der Waals surface area (Å²) in [5, 5.41) is 1.35. The lowest BCUT2D eigenvalue weighted by molar-refractivity contribution is 0.518. The first-order valence-electron chi connectivity index (χ1n) is 4.38. The van der Waals surface area contributed by atoms with E-state index in [9.17, 15) is 0 Å². The van der Waals surface area contributed by atoms with Gasteiger partial charge in [-0.2, -0.15) is 0 Å². The van der Waals surface area contributed by atoms with Crippen molar-refractivity contribution >= 4 is 23.8 Å². The zero-order chi connectivity index (χ0) is 8.39. The van der Waals surface area contributed by atoms with Crippen LogP contribution in [0.5, 0.6) is 0 Å². The van der Waals surface area contributed by atoms with Gasteiger partial charge < -0.3 is 0 Å². The molecule has 1 aromatic carbocycles. The van der Waals surface area contributed by atoms with Crippen molar-refractivity contribution in [2.24, 2.45) is 0 Å². The van der Waals surface area contributed by atoms with Crippen LogP contribution in [0.4, 0.5) is 0 Å². The zero-order valence-corrected chi connectivity index (χ0v) is 8.56. The van der Waals surface area contributed by atoms with Gasteiger partial charge in [0.1, 0.15) is 0 Å². The molecule has 2 rings (SSSR count). The van der Waals surface area contributed by atoms with E-state index < -0.39 is 0 Å². The predicted molar refractivity (Wildman–Crippen MR) is 56.5 cm³/mol. The molecule has 0 radical (unpaired) electrons. The molecule has 0 N–H and O–H groups in total. The van der Waals surface area contributed by atoms with Crippen molar-refractivity contribution < 1.29 is 0 Å². The lowest BCUT2D eigenvalue weighted by atomic mass is 10.00. The fourth-order valence-corrected chi connectivity index (χ4v) is 4.02. The van der Waals surface area contributed by atoms with E-state index in [0.29, 0.717) is 0 Å². The summed E-state index contributed by atoms with van der Waals surface area (Å²) in [5.74, 6) is 0. The molecular weight excluding hydrogens is 187 g/mol. The summed E-state index contributed by atoms with van der Waals surface area (Å²) in [6.45, 7) is 0. The lowest BCUT2D eigenvalue weighted by Crippen LogP contribution is -2.18. The molecule has 1 aliphatic rings. The van der Waals surface area contributed by atoms with Gasteiger partial charge in [0.2, 0.25) is 0 Å². The van der Waals surface area contributed by atoms with Gasteiger partial charge in [0.05, 0.1) is 0 Å². The fourth-order valence-electron chi connectivity index (χ4n) is 1.39. The highest BCUT2D eigenvalue weighted by molar-refractivity contribution is 7.90. The Morgan fingerprint density at radius 3 is 2.33 bits per heavy atom. The SMILES string of the molecule is ClP(c1ccccc1)C1CCC1. The van der Waals surface area contributed by atoms with Gasteiger partial charge in [-0.1, -0.05) is 48.0 Å². The van der Waals surface area contributed by atoms with Crippen LogP contribution < -0.4 is 5.30 Å². The minimum absolute atomic E-state index is 0.378. The molecule has 0 amide bonds. The van der Waals surface area contributed by atoms with E-state index in [2.05, 4.69) is 24.3 Å². The molecule has 0 spiro atoms. The number of halogens is 1. The predicted octanol–water partition coefficient (Wildman–Crippen LogP) is 3.50. The molecular formula is C10H12ClP. The second-order valence-corrected chi connectivity index (χ2v) is 6.19. The number of hydrogen-bond acceptors (Lipinski definition) is 0. The van der Waals surface area contributed by atoms with Crippen molar-refractivity contribution in [1.29, 1.82) is 0 Å². The Kier molecular flexibility index (Phi) is 2.68. The maximum absolute atomic E-state index is 6.37. The van der Waals surface area contributed by atoms with Crippen LogP contribution in [0.15, 0.2) is 30.3 Å². The minimum Gasteiger partial charge on any atom is -0.0909 e. The Labute approximate surface area is 79.5 Å². The first kappa shape index (κ1) is 8.53. The number of benzene rings is 1. The average molecular weight is 199 g/mol. The van der Waals surface area contributed by atoms with Gasteiger partial charge in [-0.3, -0.25) is 0 Å². The smallest absolute Gasteiger partial charge is 0.0244 e. The summed E-state index contributed by atoms with van der Waals surface area (Å²) in [6.07, 6.45) is 4.05. The van der Waals surface area contributed by atoms with Crippen molar-refractivity contribution in [2.45, 2.75) is 24.9 Å². The molecule has 1 aliphatic carbocycles. The largest absolute Gasteiger partial charge is 0.0909 e. The molecule has 1 fully saturated rings. The highest BCUT2D eigenvalue weighted by Crippen LogP contribution is 2.53. The molecule has 2 heteroatoms. The maximum atomic E-state index is 6.37. The van der Waals surface area contributed by atoms with Gasteiger partial charge in [-0.25, -0.2) is 0 Å². The van der Waals surface area contributed by atoms with Crippen molar-refractivity contribution in [2.75, 3.05) is 0 Å². The van der Waals surface area contributed by atoms with Crippen LogP contribution >= 0.6 is 18.5 Å². The molecule has 0 aliphatic heterocycles. The standard InChI is InChI=1S/C10H12ClP/c11-12(10-7-4-8-10)9-5-2-1-3-6-9/h1-3,5-6,10H,4,7-8H2. The van der Waals surface area contributed by atoms with Gasteiger partial charge in [0.25, 0.3) is 0 Å². The molecule has 0 heterocycles. The van der Waals surface area contributed by atoms with Gasteiger partial charge in [-0.15, -0.1) is 0 Å². The van der Waals surface area contributed by atoms with Gasteiger partial charge >= 0.3 is 0 Å². The Balaban J connectivity index is 2.08. The molecule has 0 saturated heterocycles. The van der Waals surface area contributed by atoms with E-state index in [1.807, 2.05) is 6.07 Å². The van der Waals surface area contributed by atoms with Crippen molar-refractivity contribution in [3.8, 4) is 0 Å². The van der Waals surface area contributed by atoms with E-state index in [0.717, 1.165) is 5.66 Å². The molecule has 1 aromatic rings. The summed E-state index contributed by atoms with van der Waals surface area (Å²) < 4.78 is 0. The van der Waals surface area contributed by atoms with Crippen LogP contribution in [-0.4, -0.2) is 5.66 Å².